The molecule has 0 saturated heterocycles. The number of benzene rings is 3. The normalized spacial score (nSPS) is 10.8. The first-order valence-corrected chi connectivity index (χ1v) is 11.1. The van der Waals surface area contributed by atoms with Crippen molar-refractivity contribution in [1.29, 1.82) is 0 Å². The average Bonchev–Trinajstić information content (AvgIpc) is 3.48. The van der Waals surface area contributed by atoms with Gasteiger partial charge < -0.3 is 5.32 Å². The Morgan fingerprint density at radius 3 is 2.48 bits per heavy atom. The van der Waals surface area contributed by atoms with E-state index in [1.807, 2.05) is 85.8 Å². The number of para-hydroxylation sites is 1. The van der Waals surface area contributed by atoms with Gasteiger partial charge in [0.2, 0.25) is 0 Å². The van der Waals surface area contributed by atoms with E-state index in [0.29, 0.717) is 22.9 Å². The number of aromatic amines is 1. The number of H-pyrrole nitrogens is 1. The Bertz CT molecular complexity index is 1420. The van der Waals surface area contributed by atoms with Gasteiger partial charge in [-0.2, -0.15) is 10.2 Å². The Morgan fingerprint density at radius 1 is 0.970 bits per heavy atom. The van der Waals surface area contributed by atoms with Crippen molar-refractivity contribution in [2.45, 2.75) is 6.92 Å². The summed E-state index contributed by atoms with van der Waals surface area (Å²) in [4.78, 5) is 17.7. The Morgan fingerprint density at radius 2 is 1.70 bits per heavy atom. The van der Waals surface area contributed by atoms with E-state index in [-0.39, 0.29) is 5.91 Å². The van der Waals surface area contributed by atoms with E-state index in [0.717, 1.165) is 27.0 Å². The minimum Gasteiger partial charge on any atom is -0.321 e. The second-order valence-electron chi connectivity index (χ2n) is 7.41. The summed E-state index contributed by atoms with van der Waals surface area (Å²) in [6.45, 7) is 1.87. The number of carbonyl (C=O) groups excluding carboxylic acids is 1. The fourth-order valence-corrected chi connectivity index (χ4v) is 3.83. The molecule has 0 unspecified atom stereocenters. The Hall–Kier alpha value is -4.04. The number of halogens is 1. The number of aromatic nitrogens is 5. The van der Waals surface area contributed by atoms with E-state index < -0.39 is 0 Å². The summed E-state index contributed by atoms with van der Waals surface area (Å²) in [6.07, 6.45) is 1.58. The minimum absolute atomic E-state index is 0.244. The Balaban J connectivity index is 1.42. The van der Waals surface area contributed by atoms with Gasteiger partial charge in [-0.15, -0.1) is 0 Å². The summed E-state index contributed by atoms with van der Waals surface area (Å²) >= 11 is 3.44. The number of nitrogens with zero attached hydrogens (tertiary/aromatic N) is 4. The highest BCUT2D eigenvalue weighted by Crippen LogP contribution is 2.27. The molecule has 0 atom stereocenters. The van der Waals surface area contributed by atoms with Crippen LogP contribution in [-0.4, -0.2) is 30.9 Å². The highest BCUT2D eigenvalue weighted by molar-refractivity contribution is 9.10. The molecule has 5 rings (SSSR count). The molecule has 7 nitrogen and oxygen atoms in total. The zero-order valence-corrected chi connectivity index (χ0v) is 19.2. The number of carbonyl (C=O) groups is 1. The SMILES string of the molecule is Cc1c(C(=O)Nc2ccccc2-c2nc(-c3ccccc3)n[nH]2)cnn1-c1ccc(Br)cc1. The van der Waals surface area contributed by atoms with Crippen LogP contribution in [-0.2, 0) is 0 Å². The van der Waals surface area contributed by atoms with Crippen LogP contribution in [0, 0.1) is 6.92 Å². The van der Waals surface area contributed by atoms with Crippen LogP contribution in [0.5, 0.6) is 0 Å². The standard InChI is InChI=1S/C25H19BrN6O/c1-16-21(15-27-32(16)19-13-11-18(26)12-14-19)25(33)28-22-10-6-5-9-20(22)24-29-23(30-31-24)17-7-3-2-4-8-17/h2-15H,1H3,(H,28,33)(H,29,30,31). The van der Waals surface area contributed by atoms with Crippen LogP contribution < -0.4 is 5.32 Å². The van der Waals surface area contributed by atoms with Crippen LogP contribution in [0.1, 0.15) is 16.1 Å². The molecule has 0 saturated carbocycles. The van der Waals surface area contributed by atoms with Crippen molar-refractivity contribution in [3.63, 3.8) is 0 Å². The van der Waals surface area contributed by atoms with E-state index in [4.69, 9.17) is 0 Å². The fraction of sp³-hybridized carbons (Fsp3) is 0.0400. The third-order valence-electron chi connectivity index (χ3n) is 5.27. The molecule has 0 aliphatic heterocycles. The lowest BCUT2D eigenvalue weighted by Gasteiger charge is -2.09. The van der Waals surface area contributed by atoms with Crippen molar-refractivity contribution in [2.24, 2.45) is 0 Å². The number of anilines is 1. The Labute approximate surface area is 198 Å². The molecule has 5 aromatic rings. The van der Waals surface area contributed by atoms with Crippen molar-refractivity contribution in [3.8, 4) is 28.5 Å². The fourth-order valence-electron chi connectivity index (χ4n) is 3.56. The number of hydrogen-bond acceptors (Lipinski definition) is 4. The van der Waals surface area contributed by atoms with Crippen LogP contribution in [0.4, 0.5) is 5.69 Å². The summed E-state index contributed by atoms with van der Waals surface area (Å²) in [7, 11) is 0. The maximum Gasteiger partial charge on any atom is 0.259 e. The van der Waals surface area contributed by atoms with E-state index in [9.17, 15) is 4.79 Å². The molecule has 2 N–H and O–H groups in total. The summed E-state index contributed by atoms with van der Waals surface area (Å²) in [5, 5.41) is 14.7. The first kappa shape index (κ1) is 20.8. The van der Waals surface area contributed by atoms with Crippen molar-refractivity contribution < 1.29 is 4.79 Å². The van der Waals surface area contributed by atoms with Gasteiger partial charge in [0.15, 0.2) is 11.6 Å². The largest absolute Gasteiger partial charge is 0.321 e. The van der Waals surface area contributed by atoms with Gasteiger partial charge in [-0.05, 0) is 43.3 Å². The van der Waals surface area contributed by atoms with Crippen molar-refractivity contribution in [3.05, 3.63) is 101 Å². The zero-order valence-electron chi connectivity index (χ0n) is 17.7. The van der Waals surface area contributed by atoms with E-state index in [1.165, 1.54) is 0 Å². The molecule has 0 radical (unpaired) electrons. The van der Waals surface area contributed by atoms with E-state index >= 15 is 0 Å². The topological polar surface area (TPSA) is 88.5 Å². The van der Waals surface area contributed by atoms with Crippen LogP contribution in [0.25, 0.3) is 28.5 Å². The number of rotatable bonds is 5. The van der Waals surface area contributed by atoms with E-state index in [1.54, 1.807) is 10.9 Å². The molecular weight excluding hydrogens is 480 g/mol. The van der Waals surface area contributed by atoms with Crippen molar-refractivity contribution >= 4 is 27.5 Å². The molecule has 0 bridgehead atoms. The smallest absolute Gasteiger partial charge is 0.259 e. The third kappa shape index (κ3) is 4.20. The second kappa shape index (κ2) is 8.84. The molecule has 0 spiro atoms. The molecule has 1 amide bonds. The predicted octanol–water partition coefficient (Wildman–Crippen LogP) is 5.65. The van der Waals surface area contributed by atoms with Crippen molar-refractivity contribution in [1.82, 2.24) is 25.0 Å². The predicted molar refractivity (Wildman–Crippen MR) is 131 cm³/mol. The highest BCUT2D eigenvalue weighted by Gasteiger charge is 2.18. The molecule has 2 heterocycles. The first-order valence-electron chi connectivity index (χ1n) is 10.3. The van der Waals surface area contributed by atoms with Crippen LogP contribution in [0.2, 0.25) is 0 Å². The quantitative estimate of drug-likeness (QED) is 0.327. The van der Waals surface area contributed by atoms with Crippen LogP contribution >= 0.6 is 15.9 Å². The molecule has 0 fully saturated rings. The summed E-state index contributed by atoms with van der Waals surface area (Å²) < 4.78 is 2.73. The van der Waals surface area contributed by atoms with Gasteiger partial charge >= 0.3 is 0 Å². The highest BCUT2D eigenvalue weighted by atomic mass is 79.9. The number of nitrogens with one attached hydrogen (secondary N) is 2. The molecule has 3 aromatic carbocycles. The van der Waals surface area contributed by atoms with Gasteiger partial charge in [0.25, 0.3) is 5.91 Å². The lowest BCUT2D eigenvalue weighted by molar-refractivity contribution is 0.102. The van der Waals surface area contributed by atoms with Gasteiger partial charge in [-0.1, -0.05) is 58.4 Å². The van der Waals surface area contributed by atoms with Gasteiger partial charge in [-0.25, -0.2) is 9.67 Å². The van der Waals surface area contributed by atoms with Gasteiger partial charge in [0.05, 0.1) is 28.8 Å². The second-order valence-corrected chi connectivity index (χ2v) is 8.32. The average molecular weight is 499 g/mol. The van der Waals surface area contributed by atoms with Crippen LogP contribution in [0.15, 0.2) is 89.5 Å². The summed E-state index contributed by atoms with van der Waals surface area (Å²) in [5.74, 6) is 0.927. The lowest BCUT2D eigenvalue weighted by atomic mass is 10.1. The molecule has 2 aromatic heterocycles. The third-order valence-corrected chi connectivity index (χ3v) is 5.80. The van der Waals surface area contributed by atoms with E-state index in [2.05, 4.69) is 41.5 Å². The summed E-state index contributed by atoms with van der Waals surface area (Å²) in [6, 6.07) is 25.0. The molecule has 8 heteroatoms. The lowest BCUT2D eigenvalue weighted by Crippen LogP contribution is -2.14. The Kier molecular flexibility index (Phi) is 5.58. The summed E-state index contributed by atoms with van der Waals surface area (Å²) in [5.41, 5.74) is 4.42. The van der Waals surface area contributed by atoms with Gasteiger partial charge in [-0.3, -0.25) is 9.89 Å². The van der Waals surface area contributed by atoms with Crippen LogP contribution in [0.3, 0.4) is 0 Å². The molecule has 33 heavy (non-hydrogen) atoms. The van der Waals surface area contributed by atoms with Gasteiger partial charge in [0, 0.05) is 15.6 Å². The number of amides is 1. The number of hydrogen-bond donors (Lipinski definition) is 2. The minimum atomic E-state index is -0.244. The monoisotopic (exact) mass is 498 g/mol. The molecule has 0 aliphatic rings. The van der Waals surface area contributed by atoms with Gasteiger partial charge in [0.1, 0.15) is 0 Å². The molecule has 162 valence electrons. The molecule has 0 aliphatic carbocycles. The first-order chi connectivity index (χ1) is 16.1. The maximum atomic E-state index is 13.1. The zero-order chi connectivity index (χ0) is 22.8. The molecular formula is C25H19BrN6O. The van der Waals surface area contributed by atoms with Crippen molar-refractivity contribution in [2.75, 3.05) is 5.32 Å². The maximum absolute atomic E-state index is 13.1.